The summed E-state index contributed by atoms with van der Waals surface area (Å²) in [4.78, 5) is 3.93. The van der Waals surface area contributed by atoms with Crippen LogP contribution in [0.1, 0.15) is 24.1 Å². The molecule has 4 nitrogen and oxygen atoms in total. The van der Waals surface area contributed by atoms with E-state index in [1.165, 1.54) is 12.3 Å². The molecule has 1 aromatic carbocycles. The average molecular weight is 300 g/mol. The van der Waals surface area contributed by atoms with E-state index in [0.717, 1.165) is 11.1 Å². The van der Waals surface area contributed by atoms with Gasteiger partial charge in [-0.25, -0.2) is 18.1 Å². The minimum atomic E-state index is -3.63. The molecule has 0 fully saturated rings. The average Bonchev–Trinajstić information content (AvgIpc) is 2.51. The maximum Gasteiger partial charge on any atom is 0.258 e. The summed E-state index contributed by atoms with van der Waals surface area (Å²) in [5.41, 5.74) is 2.04. The van der Waals surface area contributed by atoms with Gasteiger partial charge < -0.3 is 0 Å². The van der Waals surface area contributed by atoms with Crippen LogP contribution in [0.15, 0.2) is 59.8 Å². The first kappa shape index (κ1) is 14.0. The molecule has 0 amide bonds. The highest BCUT2D eigenvalue weighted by atomic mass is 32.2. The molecule has 0 radical (unpaired) electrons. The predicted octanol–water partition coefficient (Wildman–Crippen LogP) is 2.76. The Balaban J connectivity index is 1.96. The second kappa shape index (κ2) is 5.42. The van der Waals surface area contributed by atoms with Crippen LogP contribution in [0.4, 0.5) is 0 Å². The zero-order chi connectivity index (χ0) is 14.9. The number of rotatable bonds is 3. The van der Waals surface area contributed by atoms with Crippen LogP contribution in [0.3, 0.4) is 0 Å². The summed E-state index contributed by atoms with van der Waals surface area (Å²) in [6.45, 7) is 2.00. The highest BCUT2D eigenvalue weighted by Crippen LogP contribution is 2.32. The predicted molar refractivity (Wildman–Crippen MR) is 81.9 cm³/mol. The van der Waals surface area contributed by atoms with E-state index in [1.807, 2.05) is 43.3 Å². The molecule has 0 unspecified atom stereocenters. The maximum atomic E-state index is 12.5. The molecule has 0 aliphatic heterocycles. The molecule has 1 aliphatic carbocycles. The van der Waals surface area contributed by atoms with E-state index in [0.29, 0.717) is 0 Å². The minimum Gasteiger partial charge on any atom is -0.243 e. The van der Waals surface area contributed by atoms with Crippen molar-refractivity contribution < 1.29 is 8.42 Å². The summed E-state index contributed by atoms with van der Waals surface area (Å²) in [7, 11) is -3.63. The third kappa shape index (κ3) is 2.75. The molecule has 108 valence electrons. The van der Waals surface area contributed by atoms with E-state index in [9.17, 15) is 8.42 Å². The Morgan fingerprint density at radius 1 is 1.10 bits per heavy atom. The van der Waals surface area contributed by atoms with Crippen LogP contribution in [0.5, 0.6) is 0 Å². The second-order valence-electron chi connectivity index (χ2n) is 5.11. The second-order valence-corrected chi connectivity index (χ2v) is 6.77. The van der Waals surface area contributed by atoms with Crippen molar-refractivity contribution in [3.8, 4) is 0 Å². The van der Waals surface area contributed by atoms with Crippen LogP contribution in [0, 0.1) is 5.92 Å². The van der Waals surface area contributed by atoms with E-state index < -0.39 is 10.0 Å². The largest absolute Gasteiger partial charge is 0.258 e. The van der Waals surface area contributed by atoms with Crippen LogP contribution in [0.25, 0.3) is 6.08 Å². The van der Waals surface area contributed by atoms with Gasteiger partial charge in [-0.3, -0.25) is 0 Å². The summed E-state index contributed by atoms with van der Waals surface area (Å²) >= 11 is 0. The Morgan fingerprint density at radius 2 is 1.86 bits per heavy atom. The molecule has 1 aliphatic rings. The molecule has 0 saturated heterocycles. The first-order chi connectivity index (χ1) is 10.1. The van der Waals surface area contributed by atoms with Gasteiger partial charge in [0.05, 0.1) is 6.04 Å². The molecule has 1 aromatic heterocycles. The molecule has 0 bridgehead atoms. The van der Waals surface area contributed by atoms with Gasteiger partial charge in [0.25, 0.3) is 10.0 Å². The Hall–Kier alpha value is -1.98. The maximum absolute atomic E-state index is 12.5. The van der Waals surface area contributed by atoms with Crippen molar-refractivity contribution in [2.24, 2.45) is 5.92 Å². The number of nitrogens with one attached hydrogen (secondary N) is 1. The Morgan fingerprint density at radius 3 is 2.62 bits per heavy atom. The van der Waals surface area contributed by atoms with Gasteiger partial charge >= 0.3 is 0 Å². The van der Waals surface area contributed by atoms with Crippen molar-refractivity contribution in [1.82, 2.24) is 9.71 Å². The van der Waals surface area contributed by atoms with E-state index in [2.05, 4.69) is 9.71 Å². The molecule has 2 aromatic rings. The molecule has 0 spiro atoms. The van der Waals surface area contributed by atoms with Crippen LogP contribution in [-0.2, 0) is 10.0 Å². The fraction of sp³-hybridized carbons (Fsp3) is 0.188. The zero-order valence-electron chi connectivity index (χ0n) is 11.6. The first-order valence-electron chi connectivity index (χ1n) is 6.78. The Bertz CT molecular complexity index is 770. The third-order valence-electron chi connectivity index (χ3n) is 3.63. The first-order valence-corrected chi connectivity index (χ1v) is 8.27. The van der Waals surface area contributed by atoms with Crippen LogP contribution in [-0.4, -0.2) is 13.4 Å². The van der Waals surface area contributed by atoms with Gasteiger partial charge in [0.1, 0.15) is 0 Å². The van der Waals surface area contributed by atoms with Crippen LogP contribution in [0.2, 0.25) is 0 Å². The number of nitrogens with zero attached hydrogens (tertiary/aromatic N) is 1. The fourth-order valence-electron chi connectivity index (χ4n) is 2.50. The van der Waals surface area contributed by atoms with Crippen molar-refractivity contribution >= 4 is 16.1 Å². The van der Waals surface area contributed by atoms with Crippen molar-refractivity contribution in [3.63, 3.8) is 0 Å². The quantitative estimate of drug-likeness (QED) is 0.948. The van der Waals surface area contributed by atoms with Crippen molar-refractivity contribution in [1.29, 1.82) is 0 Å². The molecule has 0 saturated carbocycles. The number of benzene rings is 1. The summed E-state index contributed by atoms with van der Waals surface area (Å²) < 4.78 is 27.7. The van der Waals surface area contributed by atoms with E-state index in [4.69, 9.17) is 0 Å². The highest BCUT2D eigenvalue weighted by molar-refractivity contribution is 7.89. The van der Waals surface area contributed by atoms with Gasteiger partial charge in [-0.2, -0.15) is 0 Å². The van der Waals surface area contributed by atoms with Crippen molar-refractivity contribution in [2.75, 3.05) is 0 Å². The van der Waals surface area contributed by atoms with Crippen molar-refractivity contribution in [3.05, 3.63) is 65.9 Å². The summed E-state index contributed by atoms with van der Waals surface area (Å²) in [6.07, 6.45) is 5.53. The number of pyridine rings is 1. The van der Waals surface area contributed by atoms with Crippen LogP contribution < -0.4 is 4.72 Å². The van der Waals surface area contributed by atoms with Gasteiger partial charge in [-0.15, -0.1) is 0 Å². The van der Waals surface area contributed by atoms with E-state index >= 15 is 0 Å². The SMILES string of the molecule is C[C@@H]1C=Cc2ccccc2[C@H]1NS(=O)(=O)c1ccccn1. The molecule has 5 heteroatoms. The minimum absolute atomic E-state index is 0.0456. The lowest BCUT2D eigenvalue weighted by molar-refractivity contribution is 0.492. The Kier molecular flexibility index (Phi) is 3.61. The highest BCUT2D eigenvalue weighted by Gasteiger charge is 2.28. The van der Waals surface area contributed by atoms with Gasteiger partial charge in [0.2, 0.25) is 0 Å². The van der Waals surface area contributed by atoms with E-state index in [1.54, 1.807) is 12.1 Å². The van der Waals surface area contributed by atoms with E-state index in [-0.39, 0.29) is 17.0 Å². The lowest BCUT2D eigenvalue weighted by Crippen LogP contribution is -2.34. The van der Waals surface area contributed by atoms with Gasteiger partial charge in [0.15, 0.2) is 5.03 Å². The molecular formula is C16H16N2O2S. The topological polar surface area (TPSA) is 59.1 Å². The summed E-state index contributed by atoms with van der Waals surface area (Å²) in [5.74, 6) is 0.0818. The molecule has 2 atom stereocenters. The molecule has 21 heavy (non-hydrogen) atoms. The molecule has 1 N–H and O–H groups in total. The van der Waals surface area contributed by atoms with Gasteiger partial charge in [-0.05, 0) is 29.2 Å². The molecule has 3 rings (SSSR count). The fourth-order valence-corrected chi connectivity index (χ4v) is 3.75. The summed E-state index contributed by atoms with van der Waals surface area (Å²) in [6, 6.07) is 12.4. The Labute approximate surface area is 124 Å². The number of hydrogen-bond donors (Lipinski definition) is 1. The van der Waals surface area contributed by atoms with Gasteiger partial charge in [0, 0.05) is 6.20 Å². The monoisotopic (exact) mass is 300 g/mol. The lowest BCUT2D eigenvalue weighted by Gasteiger charge is -2.27. The third-order valence-corrected chi connectivity index (χ3v) is 4.99. The molecular weight excluding hydrogens is 284 g/mol. The number of sulfonamides is 1. The van der Waals surface area contributed by atoms with Crippen LogP contribution >= 0.6 is 0 Å². The normalized spacial score (nSPS) is 21.0. The molecule has 1 heterocycles. The standard InChI is InChI=1S/C16H16N2O2S/c1-12-9-10-13-6-2-3-7-14(13)16(12)18-21(19,20)15-8-4-5-11-17-15/h2-12,16,18H,1H3/t12-,16+/m1/s1. The zero-order valence-corrected chi connectivity index (χ0v) is 12.4. The van der Waals surface area contributed by atoms with Crippen molar-refractivity contribution in [2.45, 2.75) is 18.0 Å². The van der Waals surface area contributed by atoms with Gasteiger partial charge in [-0.1, -0.05) is 49.4 Å². The number of hydrogen-bond acceptors (Lipinski definition) is 3. The number of aromatic nitrogens is 1. The lowest BCUT2D eigenvalue weighted by atomic mass is 9.86. The summed E-state index contributed by atoms with van der Waals surface area (Å²) in [5, 5.41) is 0.0456. The number of fused-ring (bicyclic) bond motifs is 1. The smallest absolute Gasteiger partial charge is 0.243 e.